The van der Waals surface area contributed by atoms with Crippen molar-refractivity contribution >= 4 is 33.3 Å². The lowest BCUT2D eigenvalue weighted by Crippen LogP contribution is -2.34. The van der Waals surface area contributed by atoms with Crippen LogP contribution in [0.1, 0.15) is 22.3 Å². The summed E-state index contributed by atoms with van der Waals surface area (Å²) in [6.45, 7) is 4.59. The summed E-state index contributed by atoms with van der Waals surface area (Å²) in [4.78, 5) is 23.8. The Hall–Kier alpha value is -2.42. The Bertz CT molecular complexity index is 1200. The number of hydrogen-bond donors (Lipinski definition) is 2. The van der Waals surface area contributed by atoms with Crippen LogP contribution in [0.5, 0.6) is 0 Å². The van der Waals surface area contributed by atoms with Gasteiger partial charge >= 0.3 is 0 Å². The quantitative estimate of drug-likeness (QED) is 0.519. The normalized spacial score (nSPS) is 17.8. The zero-order chi connectivity index (χ0) is 19.8. The van der Waals surface area contributed by atoms with Gasteiger partial charge in [0.2, 0.25) is 0 Å². The average molecular weight is 424 g/mol. The van der Waals surface area contributed by atoms with Crippen LogP contribution in [0.2, 0.25) is 0 Å². The van der Waals surface area contributed by atoms with E-state index in [1.807, 2.05) is 24.8 Å². The fourth-order valence-electron chi connectivity index (χ4n) is 3.72. The number of aromatic nitrogens is 4. The molecular formula is C21H21N5OS2. The zero-order valence-corrected chi connectivity index (χ0v) is 17.6. The first-order chi connectivity index (χ1) is 14.2. The number of aromatic amines is 2. The van der Waals surface area contributed by atoms with Gasteiger partial charge in [-0.1, -0.05) is 30.3 Å². The van der Waals surface area contributed by atoms with Crippen molar-refractivity contribution in [3.8, 4) is 10.4 Å². The van der Waals surface area contributed by atoms with Crippen molar-refractivity contribution in [1.29, 1.82) is 0 Å². The fraction of sp³-hybridized carbons (Fsp3) is 0.286. The molecule has 4 heterocycles. The second-order valence-corrected chi connectivity index (χ2v) is 9.61. The van der Waals surface area contributed by atoms with Gasteiger partial charge in [-0.25, -0.2) is 4.98 Å². The van der Waals surface area contributed by atoms with Crippen LogP contribution in [0.4, 0.5) is 0 Å². The number of nitrogens with one attached hydrogen (secondary N) is 2. The lowest BCUT2D eigenvalue weighted by Gasteiger charge is -2.32. The summed E-state index contributed by atoms with van der Waals surface area (Å²) in [6.07, 6.45) is 1.80. The number of thioether (sulfide) groups is 1. The molecule has 1 saturated heterocycles. The highest BCUT2D eigenvalue weighted by Gasteiger charge is 2.23. The van der Waals surface area contributed by atoms with E-state index in [2.05, 4.69) is 50.4 Å². The summed E-state index contributed by atoms with van der Waals surface area (Å²) in [5.41, 5.74) is 4.07. The molecule has 5 rings (SSSR count). The van der Waals surface area contributed by atoms with E-state index >= 15 is 0 Å². The summed E-state index contributed by atoms with van der Waals surface area (Å²) in [7, 11) is 0. The topological polar surface area (TPSA) is 77.7 Å². The van der Waals surface area contributed by atoms with Gasteiger partial charge in [0, 0.05) is 40.2 Å². The van der Waals surface area contributed by atoms with Gasteiger partial charge in [0.25, 0.3) is 5.56 Å². The number of nitrogens with zero attached hydrogens (tertiary/aromatic N) is 3. The van der Waals surface area contributed by atoms with E-state index in [4.69, 9.17) is 4.98 Å². The highest BCUT2D eigenvalue weighted by atomic mass is 32.2. The summed E-state index contributed by atoms with van der Waals surface area (Å²) in [6, 6.07) is 12.6. The van der Waals surface area contributed by atoms with Crippen molar-refractivity contribution in [3.05, 3.63) is 70.0 Å². The van der Waals surface area contributed by atoms with Gasteiger partial charge in [-0.3, -0.25) is 14.8 Å². The summed E-state index contributed by atoms with van der Waals surface area (Å²) < 4.78 is 0.667. The monoisotopic (exact) mass is 423 g/mol. The molecule has 0 amide bonds. The molecule has 0 radical (unpaired) electrons. The van der Waals surface area contributed by atoms with Crippen LogP contribution >= 0.6 is 23.1 Å². The summed E-state index contributed by atoms with van der Waals surface area (Å²) >= 11 is 3.46. The Balaban J connectivity index is 1.39. The molecule has 3 aromatic heterocycles. The van der Waals surface area contributed by atoms with Gasteiger partial charge in [0.15, 0.2) is 0 Å². The Labute approximate surface area is 176 Å². The van der Waals surface area contributed by atoms with Crippen LogP contribution in [-0.4, -0.2) is 43.9 Å². The molecule has 6 nitrogen and oxygen atoms in total. The third-order valence-corrected chi connectivity index (χ3v) is 7.62. The second-order valence-electron chi connectivity index (χ2n) is 7.25. The molecule has 1 fully saturated rings. The van der Waals surface area contributed by atoms with E-state index in [0.717, 1.165) is 46.3 Å². The molecule has 0 saturated carbocycles. The minimum atomic E-state index is -0.0617. The number of rotatable bonds is 4. The van der Waals surface area contributed by atoms with Crippen LogP contribution in [0.3, 0.4) is 0 Å². The van der Waals surface area contributed by atoms with Crippen molar-refractivity contribution in [2.75, 3.05) is 18.8 Å². The van der Waals surface area contributed by atoms with Gasteiger partial charge in [-0.05, 0) is 18.6 Å². The largest absolute Gasteiger partial charge is 0.308 e. The van der Waals surface area contributed by atoms with Crippen molar-refractivity contribution in [1.82, 2.24) is 25.1 Å². The molecule has 0 aliphatic carbocycles. The zero-order valence-electron chi connectivity index (χ0n) is 16.0. The number of benzene rings is 1. The highest BCUT2D eigenvalue weighted by molar-refractivity contribution is 7.99. The first kappa shape index (κ1) is 18.6. The minimum absolute atomic E-state index is 0.0617. The van der Waals surface area contributed by atoms with Gasteiger partial charge in [0.05, 0.1) is 18.3 Å². The maximum atomic E-state index is 12.7. The molecule has 1 aromatic carbocycles. The number of fused-ring (bicyclic) bond motifs is 1. The molecular weight excluding hydrogens is 402 g/mol. The molecule has 1 atom stereocenters. The number of thiophene rings is 1. The predicted octanol–water partition coefficient (Wildman–Crippen LogP) is 3.97. The molecule has 0 spiro atoms. The van der Waals surface area contributed by atoms with E-state index in [1.165, 1.54) is 16.9 Å². The Kier molecular flexibility index (Phi) is 4.99. The molecule has 1 aliphatic heterocycles. The van der Waals surface area contributed by atoms with Crippen LogP contribution in [0, 0.1) is 6.92 Å². The predicted molar refractivity (Wildman–Crippen MR) is 119 cm³/mol. The van der Waals surface area contributed by atoms with Crippen molar-refractivity contribution in [3.63, 3.8) is 0 Å². The molecule has 1 unspecified atom stereocenters. The summed E-state index contributed by atoms with van der Waals surface area (Å²) in [5, 5.41) is 7.49. The van der Waals surface area contributed by atoms with E-state index in [0.29, 0.717) is 16.5 Å². The summed E-state index contributed by atoms with van der Waals surface area (Å²) in [5.74, 6) is 1.81. The van der Waals surface area contributed by atoms with E-state index < -0.39 is 0 Å². The van der Waals surface area contributed by atoms with Crippen LogP contribution in [0.15, 0.2) is 47.4 Å². The van der Waals surface area contributed by atoms with Crippen molar-refractivity contribution in [2.24, 2.45) is 0 Å². The molecule has 8 heteroatoms. The Morgan fingerprint density at radius 1 is 1.28 bits per heavy atom. The van der Waals surface area contributed by atoms with Gasteiger partial charge in [0.1, 0.15) is 10.5 Å². The van der Waals surface area contributed by atoms with E-state index in [9.17, 15) is 4.79 Å². The highest BCUT2D eigenvalue weighted by Crippen LogP contribution is 2.34. The molecule has 148 valence electrons. The van der Waals surface area contributed by atoms with Crippen LogP contribution in [-0.2, 0) is 6.54 Å². The van der Waals surface area contributed by atoms with Gasteiger partial charge in [-0.2, -0.15) is 16.9 Å². The smallest absolute Gasteiger partial charge is 0.268 e. The lowest BCUT2D eigenvalue weighted by atomic mass is 10.1. The molecule has 29 heavy (non-hydrogen) atoms. The lowest BCUT2D eigenvalue weighted by molar-refractivity contribution is 0.269. The number of H-pyrrole nitrogens is 2. The molecule has 0 bridgehead atoms. The second kappa shape index (κ2) is 7.78. The van der Waals surface area contributed by atoms with E-state index in [-0.39, 0.29) is 5.56 Å². The third kappa shape index (κ3) is 3.75. The minimum Gasteiger partial charge on any atom is -0.308 e. The fourth-order valence-corrected chi connectivity index (χ4v) is 6.10. The first-order valence-electron chi connectivity index (χ1n) is 9.59. The van der Waals surface area contributed by atoms with Crippen LogP contribution < -0.4 is 5.56 Å². The van der Waals surface area contributed by atoms with Gasteiger partial charge < -0.3 is 4.98 Å². The van der Waals surface area contributed by atoms with Gasteiger partial charge in [-0.15, -0.1) is 11.3 Å². The molecule has 2 N–H and O–H groups in total. The average Bonchev–Trinajstić information content (AvgIpc) is 3.35. The maximum absolute atomic E-state index is 12.7. The Morgan fingerprint density at radius 2 is 2.14 bits per heavy atom. The maximum Gasteiger partial charge on any atom is 0.268 e. The molecule has 1 aliphatic rings. The van der Waals surface area contributed by atoms with E-state index in [1.54, 1.807) is 6.20 Å². The first-order valence-corrected chi connectivity index (χ1v) is 11.5. The van der Waals surface area contributed by atoms with Crippen molar-refractivity contribution < 1.29 is 0 Å². The number of aryl methyl sites for hydroxylation is 1. The Morgan fingerprint density at radius 3 is 2.93 bits per heavy atom. The number of hydrogen-bond acceptors (Lipinski definition) is 6. The standard InChI is InChI=1S/C21H21N5OS2/c1-13-15(10-22-25-13)17-9-16-20(29-17)21(27)24-19(23-16)12-26-7-8-28-18(11-26)14-5-3-2-4-6-14/h2-6,9-10,18H,7-8,11-12H2,1H3,(H,22,25)(H,23,24,27). The van der Waals surface area contributed by atoms with Crippen LogP contribution in [0.25, 0.3) is 20.7 Å². The SMILES string of the molecule is Cc1[nH]ncc1-c1cc2nc(CN3CCSC(c4ccccc4)C3)[nH]c(=O)c2s1. The third-order valence-electron chi connectivity index (χ3n) is 5.22. The molecule has 4 aromatic rings. The van der Waals surface area contributed by atoms with Crippen molar-refractivity contribution in [2.45, 2.75) is 18.7 Å².